The van der Waals surface area contributed by atoms with Crippen molar-refractivity contribution in [2.75, 3.05) is 13.2 Å². The number of carbonyl (C=O) groups is 2. The van der Waals surface area contributed by atoms with E-state index in [9.17, 15) is 14.4 Å². The minimum Gasteiger partial charge on any atom is -0.465 e. The molecule has 0 unspecified atom stereocenters. The Hall–Kier alpha value is -5.02. The third-order valence-electron chi connectivity index (χ3n) is 8.00. The average Bonchev–Trinajstić information content (AvgIpc) is 3.56. The lowest BCUT2D eigenvalue weighted by Gasteiger charge is -2.26. The lowest BCUT2D eigenvalue weighted by Crippen LogP contribution is -2.40. The van der Waals surface area contributed by atoms with Crippen LogP contribution in [0.5, 0.6) is 0 Å². The van der Waals surface area contributed by atoms with E-state index in [4.69, 9.17) is 14.5 Å². The van der Waals surface area contributed by atoms with Gasteiger partial charge < -0.3 is 14.0 Å². The highest BCUT2D eigenvalue weighted by atomic mass is 32.1. The van der Waals surface area contributed by atoms with E-state index >= 15 is 0 Å². The van der Waals surface area contributed by atoms with Crippen LogP contribution in [-0.4, -0.2) is 34.3 Å². The van der Waals surface area contributed by atoms with E-state index in [-0.39, 0.29) is 24.7 Å². The Morgan fingerprint density at radius 2 is 1.63 bits per heavy atom. The number of para-hydroxylation sites is 1. The van der Waals surface area contributed by atoms with Crippen molar-refractivity contribution in [3.8, 4) is 0 Å². The number of hydrogen-bond acceptors (Lipinski definition) is 7. The summed E-state index contributed by atoms with van der Waals surface area (Å²) in [6.45, 7) is 8.33. The van der Waals surface area contributed by atoms with Gasteiger partial charge in [-0.1, -0.05) is 98.0 Å². The van der Waals surface area contributed by atoms with Crippen LogP contribution in [0.3, 0.4) is 0 Å². The molecule has 1 aliphatic rings. The van der Waals surface area contributed by atoms with Gasteiger partial charge in [-0.15, -0.1) is 0 Å². The molecule has 46 heavy (non-hydrogen) atoms. The maximum Gasteiger partial charge on any atom is 0.338 e. The first-order chi connectivity index (χ1) is 22.3. The molecule has 0 fully saturated rings. The number of hydrogen-bond donors (Lipinski definition) is 0. The highest BCUT2D eigenvalue weighted by Gasteiger charge is 2.35. The van der Waals surface area contributed by atoms with Crippen molar-refractivity contribution in [2.24, 2.45) is 4.99 Å². The van der Waals surface area contributed by atoms with Crippen molar-refractivity contribution < 1.29 is 19.1 Å². The molecule has 3 aromatic carbocycles. The molecule has 0 bridgehead atoms. The molecule has 1 aliphatic heterocycles. The second-order valence-corrected chi connectivity index (χ2v) is 12.3. The molecule has 3 heterocycles. The van der Waals surface area contributed by atoms with Crippen molar-refractivity contribution in [1.82, 2.24) is 9.13 Å². The van der Waals surface area contributed by atoms with Crippen LogP contribution in [0.15, 0.2) is 100 Å². The van der Waals surface area contributed by atoms with E-state index in [0.29, 0.717) is 33.1 Å². The van der Waals surface area contributed by atoms with Crippen LogP contribution in [0.25, 0.3) is 22.7 Å². The van der Waals surface area contributed by atoms with Gasteiger partial charge in [0.05, 0.1) is 35.1 Å². The smallest absolute Gasteiger partial charge is 0.338 e. The zero-order valence-electron chi connectivity index (χ0n) is 26.2. The van der Waals surface area contributed by atoms with Gasteiger partial charge in [-0.25, -0.2) is 9.79 Å². The number of benzene rings is 3. The normalized spacial score (nSPS) is 14.8. The number of ether oxygens (including phenoxy) is 2. The molecule has 2 aromatic heterocycles. The summed E-state index contributed by atoms with van der Waals surface area (Å²) in [5.74, 6) is -0.529. The quantitative estimate of drug-likeness (QED) is 0.198. The number of esters is 2. The summed E-state index contributed by atoms with van der Waals surface area (Å²) >= 11 is 1.27. The molecule has 234 valence electrons. The largest absolute Gasteiger partial charge is 0.465 e. The number of aromatic nitrogens is 2. The predicted molar refractivity (Wildman–Crippen MR) is 180 cm³/mol. The molecule has 0 aliphatic carbocycles. The maximum atomic E-state index is 14.4. The average molecular weight is 634 g/mol. The third kappa shape index (κ3) is 5.86. The fourth-order valence-corrected chi connectivity index (χ4v) is 6.82. The van der Waals surface area contributed by atoms with Crippen molar-refractivity contribution in [3.63, 3.8) is 0 Å². The number of thiazole rings is 1. The molecular formula is C37H35N3O5S. The van der Waals surface area contributed by atoms with E-state index < -0.39 is 12.0 Å². The molecule has 5 aromatic rings. The van der Waals surface area contributed by atoms with Crippen molar-refractivity contribution >= 4 is 46.0 Å². The van der Waals surface area contributed by atoms with Crippen LogP contribution < -0.4 is 14.9 Å². The van der Waals surface area contributed by atoms with Crippen LogP contribution in [0.4, 0.5) is 0 Å². The first-order valence-corrected chi connectivity index (χ1v) is 16.2. The van der Waals surface area contributed by atoms with Gasteiger partial charge in [0.1, 0.15) is 6.54 Å². The van der Waals surface area contributed by atoms with Gasteiger partial charge in [0.25, 0.3) is 5.56 Å². The van der Waals surface area contributed by atoms with E-state index in [1.807, 2.05) is 95.7 Å². The molecule has 0 spiro atoms. The molecular weight excluding hydrogens is 598 g/mol. The number of nitrogens with zero attached hydrogens (tertiary/aromatic N) is 3. The predicted octanol–water partition coefficient (Wildman–Crippen LogP) is 5.58. The van der Waals surface area contributed by atoms with E-state index in [1.54, 1.807) is 18.4 Å². The zero-order valence-corrected chi connectivity index (χ0v) is 27.0. The number of fused-ring (bicyclic) bond motifs is 2. The van der Waals surface area contributed by atoms with E-state index in [0.717, 1.165) is 33.2 Å². The number of rotatable bonds is 9. The maximum absolute atomic E-state index is 14.4. The summed E-state index contributed by atoms with van der Waals surface area (Å²) in [7, 11) is 0. The Morgan fingerprint density at radius 1 is 0.935 bits per heavy atom. The van der Waals surface area contributed by atoms with Crippen LogP contribution in [0.2, 0.25) is 0 Å². The summed E-state index contributed by atoms with van der Waals surface area (Å²) in [6.07, 6.45) is 3.70. The highest BCUT2D eigenvalue weighted by Crippen LogP contribution is 2.35. The van der Waals surface area contributed by atoms with Gasteiger partial charge in [0, 0.05) is 28.2 Å². The van der Waals surface area contributed by atoms with Crippen LogP contribution in [-0.2, 0) is 25.6 Å². The summed E-state index contributed by atoms with van der Waals surface area (Å²) in [4.78, 5) is 45.9. The molecule has 0 saturated heterocycles. The molecule has 8 nitrogen and oxygen atoms in total. The second kappa shape index (κ2) is 13.1. The van der Waals surface area contributed by atoms with Gasteiger partial charge in [-0.2, -0.15) is 0 Å². The molecule has 0 amide bonds. The summed E-state index contributed by atoms with van der Waals surface area (Å²) < 4.78 is 14.7. The van der Waals surface area contributed by atoms with Crippen molar-refractivity contribution in [1.29, 1.82) is 0 Å². The van der Waals surface area contributed by atoms with Crippen LogP contribution in [0.1, 0.15) is 61.9 Å². The summed E-state index contributed by atoms with van der Waals surface area (Å²) in [6, 6.07) is 24.5. The highest BCUT2D eigenvalue weighted by molar-refractivity contribution is 7.07. The van der Waals surface area contributed by atoms with E-state index in [2.05, 4.69) is 13.8 Å². The van der Waals surface area contributed by atoms with Crippen LogP contribution in [0, 0.1) is 0 Å². The standard InChI is InChI=1S/C37H35N3O5S/c1-5-44-31(41)22-39-21-27(28-14-10-11-15-29(28)39)20-30-35(42)40-34(26-18-16-24(17-19-26)23(3)4)32(36(43)45-6-2)33(38-37(40)46-30)25-12-8-7-9-13-25/h7-21,23,34H,5-6,22H2,1-4H3/b30-20-/t34-/m0/s1. The summed E-state index contributed by atoms with van der Waals surface area (Å²) in [5.41, 5.74) is 4.87. The molecule has 6 rings (SSSR count). The monoisotopic (exact) mass is 633 g/mol. The van der Waals surface area contributed by atoms with Gasteiger partial charge in [-0.3, -0.25) is 14.2 Å². The Labute approximate surface area is 270 Å². The second-order valence-electron chi connectivity index (χ2n) is 11.3. The molecule has 0 radical (unpaired) electrons. The molecule has 1 atom stereocenters. The Morgan fingerprint density at radius 3 is 2.33 bits per heavy atom. The first kappa shape index (κ1) is 31.0. The van der Waals surface area contributed by atoms with Crippen molar-refractivity contribution in [3.05, 3.63) is 133 Å². The fraction of sp³-hybridized carbons (Fsp3) is 0.243. The Kier molecular flexibility index (Phi) is 8.85. The Bertz CT molecular complexity index is 2140. The van der Waals surface area contributed by atoms with Crippen LogP contribution >= 0.6 is 11.3 Å². The lowest BCUT2D eigenvalue weighted by atomic mass is 9.91. The minimum atomic E-state index is -0.751. The number of carbonyl (C=O) groups excluding carboxylic acids is 2. The summed E-state index contributed by atoms with van der Waals surface area (Å²) in [5, 5.41) is 0.899. The molecule has 0 N–H and O–H groups in total. The third-order valence-corrected chi connectivity index (χ3v) is 8.99. The van der Waals surface area contributed by atoms with E-state index in [1.165, 1.54) is 11.3 Å². The lowest BCUT2D eigenvalue weighted by molar-refractivity contribution is -0.143. The van der Waals surface area contributed by atoms with Gasteiger partial charge in [0.15, 0.2) is 4.80 Å². The SMILES string of the molecule is CCOC(=O)Cn1cc(/C=c2\sc3n(c2=O)[C@@H](c2ccc(C(C)C)cc2)C(C(=O)OCC)=C(c2ccccc2)N=3)c2ccccc21. The van der Waals surface area contributed by atoms with Crippen molar-refractivity contribution in [2.45, 2.75) is 46.2 Å². The van der Waals surface area contributed by atoms with Gasteiger partial charge in [0.2, 0.25) is 0 Å². The first-order valence-electron chi connectivity index (χ1n) is 15.4. The van der Waals surface area contributed by atoms with Gasteiger partial charge in [-0.05, 0) is 43.0 Å². The van der Waals surface area contributed by atoms with Gasteiger partial charge >= 0.3 is 11.9 Å². The topological polar surface area (TPSA) is 91.9 Å². The molecule has 9 heteroatoms. The Balaban J connectivity index is 1.59. The minimum absolute atomic E-state index is 0.0547. The zero-order chi connectivity index (χ0) is 32.4. The molecule has 0 saturated carbocycles. The fourth-order valence-electron chi connectivity index (χ4n) is 5.83.